The molecular formula is C9H15N3O2S3Si2. The van der Waals surface area contributed by atoms with E-state index in [4.69, 9.17) is 8.54 Å². The molecular weight excluding hydrogens is 334 g/mol. The third kappa shape index (κ3) is 7.81. The molecule has 0 amide bonds. The number of hydrogen-bond donors (Lipinski definition) is 0. The third-order valence-electron chi connectivity index (χ3n) is 1.63. The van der Waals surface area contributed by atoms with Crippen molar-refractivity contribution in [1.82, 2.24) is 0 Å². The highest BCUT2D eigenvalue weighted by Crippen LogP contribution is 2.23. The maximum Gasteiger partial charge on any atom is 0.476 e. The highest BCUT2D eigenvalue weighted by molar-refractivity contribution is 7.78. The molecule has 0 saturated heterocycles. The minimum atomic E-state index is -2.98. The van der Waals surface area contributed by atoms with Gasteiger partial charge in [0, 0.05) is 6.55 Å². The van der Waals surface area contributed by atoms with Crippen LogP contribution in [0.5, 0.6) is 0 Å². The van der Waals surface area contributed by atoms with Gasteiger partial charge in [-0.1, -0.05) is 0 Å². The Morgan fingerprint density at radius 3 is 1.63 bits per heavy atom. The second-order valence-corrected chi connectivity index (χ2v) is 10.7. The zero-order chi connectivity index (χ0) is 15.2. The minimum absolute atomic E-state index is 0.450. The van der Waals surface area contributed by atoms with Crippen molar-refractivity contribution in [3.63, 3.8) is 0 Å². The SMILES string of the molecule is CC(C)(C)O[Si](C)(N=C=S)O[Si](C)(N=C=S)N=C=S. The minimum Gasteiger partial charge on any atom is -0.383 e. The average molecular weight is 350 g/mol. The molecule has 1 unspecified atom stereocenters. The molecule has 0 bridgehead atoms. The second kappa shape index (κ2) is 7.51. The Kier molecular flexibility index (Phi) is 7.42. The van der Waals surface area contributed by atoms with Crippen LogP contribution in [0.25, 0.3) is 0 Å². The molecule has 0 saturated carbocycles. The van der Waals surface area contributed by atoms with Crippen LogP contribution in [-0.2, 0) is 8.54 Å². The van der Waals surface area contributed by atoms with Crippen LogP contribution in [0.1, 0.15) is 20.8 Å². The molecule has 0 heterocycles. The van der Waals surface area contributed by atoms with Crippen LogP contribution in [0.4, 0.5) is 0 Å². The lowest BCUT2D eigenvalue weighted by atomic mass is 10.2. The lowest BCUT2D eigenvalue weighted by Gasteiger charge is -2.32. The molecule has 0 radical (unpaired) electrons. The first-order valence-corrected chi connectivity index (χ1v) is 11.1. The van der Waals surface area contributed by atoms with E-state index >= 15 is 0 Å². The van der Waals surface area contributed by atoms with Crippen LogP contribution in [0, 0.1) is 0 Å². The quantitative estimate of drug-likeness (QED) is 0.418. The fourth-order valence-corrected chi connectivity index (χ4v) is 8.15. The standard InChI is InChI=1S/C9H15N3O2S3Si2/c1-9(2,3)13-19(5,12-8-17)14-18(4,10-6-15)11-7-16/h1-5H3. The number of nitrogens with zero attached hydrogens (tertiary/aromatic N) is 3. The van der Waals surface area contributed by atoms with E-state index in [2.05, 4.69) is 66.1 Å². The van der Waals surface area contributed by atoms with Gasteiger partial charge < -0.3 is 8.54 Å². The van der Waals surface area contributed by atoms with Gasteiger partial charge in [0.25, 0.3) is 0 Å². The first-order chi connectivity index (χ1) is 8.60. The summed E-state index contributed by atoms with van der Waals surface area (Å²) >= 11 is 13.9. The van der Waals surface area contributed by atoms with Gasteiger partial charge in [0.2, 0.25) is 0 Å². The van der Waals surface area contributed by atoms with Gasteiger partial charge in [-0.3, -0.25) is 0 Å². The summed E-state index contributed by atoms with van der Waals surface area (Å²) in [5.74, 6) is 0. The van der Waals surface area contributed by atoms with E-state index in [1.54, 1.807) is 13.1 Å². The summed E-state index contributed by atoms with van der Waals surface area (Å²) in [5.41, 5.74) is -0.450. The van der Waals surface area contributed by atoms with Gasteiger partial charge >= 0.3 is 17.4 Å². The molecule has 0 aromatic heterocycles. The van der Waals surface area contributed by atoms with E-state index in [0.29, 0.717) is 0 Å². The summed E-state index contributed by atoms with van der Waals surface area (Å²) in [4.78, 5) is 0. The number of hydrogen-bond acceptors (Lipinski definition) is 8. The molecule has 0 aromatic carbocycles. The predicted octanol–water partition coefficient (Wildman–Crippen LogP) is 3.26. The van der Waals surface area contributed by atoms with Crippen LogP contribution >= 0.6 is 36.7 Å². The maximum absolute atomic E-state index is 5.89. The average Bonchev–Trinajstić information content (AvgIpc) is 2.13. The van der Waals surface area contributed by atoms with Gasteiger partial charge in [-0.25, -0.2) is 14.0 Å². The largest absolute Gasteiger partial charge is 0.476 e. The number of isothiocyanates is 3. The highest BCUT2D eigenvalue weighted by atomic mass is 32.1. The Bertz CT molecular complexity index is 460. The molecule has 0 aliphatic carbocycles. The van der Waals surface area contributed by atoms with Crippen LogP contribution in [0.3, 0.4) is 0 Å². The topological polar surface area (TPSA) is 55.5 Å². The van der Waals surface area contributed by atoms with Gasteiger partial charge in [-0.2, -0.15) is 0 Å². The molecule has 0 aromatic rings. The second-order valence-electron chi connectivity index (χ2n) is 4.76. The van der Waals surface area contributed by atoms with E-state index in [9.17, 15) is 0 Å². The van der Waals surface area contributed by atoms with Crippen molar-refractivity contribution in [2.45, 2.75) is 39.5 Å². The van der Waals surface area contributed by atoms with Crippen molar-refractivity contribution in [1.29, 1.82) is 0 Å². The zero-order valence-electron chi connectivity index (χ0n) is 11.4. The van der Waals surface area contributed by atoms with E-state index in [-0.39, 0.29) is 0 Å². The molecule has 0 spiro atoms. The van der Waals surface area contributed by atoms with Crippen molar-refractivity contribution >= 4 is 69.5 Å². The molecule has 0 fully saturated rings. The molecule has 0 aliphatic rings. The van der Waals surface area contributed by atoms with Gasteiger partial charge in [-0.05, 0) is 64.0 Å². The molecule has 5 nitrogen and oxygen atoms in total. The first-order valence-electron chi connectivity index (χ1n) is 5.27. The fraction of sp³-hybridized carbons (Fsp3) is 0.667. The Balaban J connectivity index is 5.48. The Labute approximate surface area is 131 Å². The van der Waals surface area contributed by atoms with Crippen molar-refractivity contribution < 1.29 is 8.54 Å². The lowest BCUT2D eigenvalue weighted by molar-refractivity contribution is 0.0900. The fourth-order valence-electron chi connectivity index (χ4n) is 1.32. The smallest absolute Gasteiger partial charge is 0.383 e. The van der Waals surface area contributed by atoms with E-state index < -0.39 is 23.0 Å². The Morgan fingerprint density at radius 1 is 0.895 bits per heavy atom. The van der Waals surface area contributed by atoms with Crippen LogP contribution in [-0.4, -0.2) is 38.4 Å². The Morgan fingerprint density at radius 2 is 1.32 bits per heavy atom. The van der Waals surface area contributed by atoms with Gasteiger partial charge in [0.05, 0.1) is 21.1 Å². The highest BCUT2D eigenvalue weighted by Gasteiger charge is 2.46. The van der Waals surface area contributed by atoms with Gasteiger partial charge in [0.15, 0.2) is 0 Å². The summed E-state index contributed by atoms with van der Waals surface area (Å²) in [6, 6.07) is 0. The summed E-state index contributed by atoms with van der Waals surface area (Å²) < 4.78 is 23.7. The predicted molar refractivity (Wildman–Crippen MR) is 90.2 cm³/mol. The van der Waals surface area contributed by atoms with Crippen LogP contribution in [0.2, 0.25) is 13.1 Å². The van der Waals surface area contributed by atoms with Crippen molar-refractivity contribution in [2.75, 3.05) is 0 Å². The summed E-state index contributed by atoms with van der Waals surface area (Å²) in [6.45, 7) is 9.11. The lowest BCUT2D eigenvalue weighted by Crippen LogP contribution is -2.51. The Hall–Kier alpha value is -0.246. The summed E-state index contributed by atoms with van der Waals surface area (Å²) in [7, 11) is -5.93. The molecule has 19 heavy (non-hydrogen) atoms. The normalized spacial score (nSPS) is 16.9. The van der Waals surface area contributed by atoms with E-state index in [1.165, 1.54) is 0 Å². The maximum atomic E-state index is 5.89. The van der Waals surface area contributed by atoms with E-state index in [0.717, 1.165) is 0 Å². The zero-order valence-corrected chi connectivity index (χ0v) is 15.8. The molecule has 0 aliphatic heterocycles. The monoisotopic (exact) mass is 349 g/mol. The van der Waals surface area contributed by atoms with Crippen molar-refractivity contribution in [3.8, 4) is 0 Å². The molecule has 0 rings (SSSR count). The third-order valence-corrected chi connectivity index (χ3v) is 8.02. The number of rotatable bonds is 6. The van der Waals surface area contributed by atoms with Crippen LogP contribution < -0.4 is 0 Å². The first kappa shape index (κ1) is 18.8. The van der Waals surface area contributed by atoms with Gasteiger partial charge in [0.1, 0.15) is 0 Å². The molecule has 1 atom stereocenters. The van der Waals surface area contributed by atoms with Crippen molar-refractivity contribution in [2.24, 2.45) is 14.0 Å². The van der Waals surface area contributed by atoms with Crippen molar-refractivity contribution in [3.05, 3.63) is 0 Å². The molecule has 0 N–H and O–H groups in total. The van der Waals surface area contributed by atoms with Gasteiger partial charge in [-0.15, -0.1) is 0 Å². The molecule has 104 valence electrons. The summed E-state index contributed by atoms with van der Waals surface area (Å²) in [6.07, 6.45) is 0. The summed E-state index contributed by atoms with van der Waals surface area (Å²) in [5, 5.41) is 6.83. The van der Waals surface area contributed by atoms with E-state index in [1.807, 2.05) is 20.8 Å². The van der Waals surface area contributed by atoms with Crippen LogP contribution in [0.15, 0.2) is 14.0 Å². The number of thiocarbonyl (C=S) groups is 3. The molecule has 10 heteroatoms.